The van der Waals surface area contributed by atoms with Crippen molar-refractivity contribution in [2.24, 2.45) is 0 Å². The maximum atomic E-state index is 13.0. The number of nitrogens with one attached hydrogen (secondary N) is 1. The van der Waals surface area contributed by atoms with E-state index in [1.165, 1.54) is 31.4 Å². The fraction of sp³-hybridized carbons (Fsp3) is 0.278. The number of carbonyl (C=O) groups excluding carboxylic acids is 1. The van der Waals surface area contributed by atoms with E-state index in [1.807, 2.05) is 0 Å². The van der Waals surface area contributed by atoms with Gasteiger partial charge in [0.05, 0.1) is 12.1 Å². The van der Waals surface area contributed by atoms with E-state index in [0.29, 0.717) is 12.0 Å². The molecule has 0 aliphatic carbocycles. The van der Waals surface area contributed by atoms with Gasteiger partial charge in [0.25, 0.3) is 5.91 Å². The number of methoxy groups -OCH3 is 1. The Labute approximate surface area is 159 Å². The molecule has 0 saturated carbocycles. The number of benzene rings is 2. The van der Waals surface area contributed by atoms with Crippen molar-refractivity contribution >= 4 is 17.5 Å². The van der Waals surface area contributed by atoms with E-state index in [4.69, 9.17) is 21.1 Å². The molecule has 0 fully saturated rings. The lowest BCUT2D eigenvalue weighted by atomic mass is 10.1. The molecule has 27 heavy (non-hydrogen) atoms. The van der Waals surface area contributed by atoms with Gasteiger partial charge in [0, 0.05) is 12.6 Å². The van der Waals surface area contributed by atoms with Gasteiger partial charge in [0.15, 0.2) is 18.1 Å². The topological polar surface area (TPSA) is 56.8 Å². The summed E-state index contributed by atoms with van der Waals surface area (Å²) in [6.45, 7) is -2.98. The van der Waals surface area contributed by atoms with Crippen molar-refractivity contribution in [2.45, 2.75) is 13.0 Å². The van der Waals surface area contributed by atoms with Crippen LogP contribution in [0.2, 0.25) is 5.02 Å². The van der Waals surface area contributed by atoms with Crippen LogP contribution < -0.4 is 19.5 Å². The number of hydrogen-bond donors (Lipinski definition) is 1. The first-order valence-electron chi connectivity index (χ1n) is 7.85. The lowest BCUT2D eigenvalue weighted by Crippen LogP contribution is -2.30. The van der Waals surface area contributed by atoms with E-state index in [2.05, 4.69) is 10.1 Å². The van der Waals surface area contributed by atoms with Gasteiger partial charge in [-0.15, -0.1) is 0 Å². The zero-order valence-corrected chi connectivity index (χ0v) is 15.1. The number of amides is 1. The zero-order valence-electron chi connectivity index (χ0n) is 14.3. The summed E-state index contributed by atoms with van der Waals surface area (Å²) in [6, 6.07) is 8.38. The van der Waals surface area contributed by atoms with Crippen LogP contribution in [-0.2, 0) is 11.2 Å². The molecule has 2 rings (SSSR count). The van der Waals surface area contributed by atoms with Crippen molar-refractivity contribution in [2.75, 3.05) is 20.3 Å². The van der Waals surface area contributed by atoms with Gasteiger partial charge in [0.1, 0.15) is 11.6 Å². The highest BCUT2D eigenvalue weighted by Crippen LogP contribution is 2.29. The number of halogens is 4. The smallest absolute Gasteiger partial charge is 0.387 e. The van der Waals surface area contributed by atoms with Crippen LogP contribution >= 0.6 is 11.6 Å². The van der Waals surface area contributed by atoms with Gasteiger partial charge in [-0.25, -0.2) is 4.39 Å². The SMILES string of the molecule is COc1ccc(CCNC(=O)COc2ccc(F)c(Cl)c2)cc1OC(F)F. The Morgan fingerprint density at radius 1 is 1.19 bits per heavy atom. The number of ether oxygens (including phenoxy) is 3. The molecule has 2 aromatic rings. The van der Waals surface area contributed by atoms with E-state index in [9.17, 15) is 18.0 Å². The van der Waals surface area contributed by atoms with E-state index >= 15 is 0 Å². The average Bonchev–Trinajstić information content (AvgIpc) is 2.62. The molecule has 0 spiro atoms. The van der Waals surface area contributed by atoms with Crippen LogP contribution in [0.25, 0.3) is 0 Å². The van der Waals surface area contributed by atoms with Crippen LogP contribution in [0.3, 0.4) is 0 Å². The fourth-order valence-electron chi connectivity index (χ4n) is 2.18. The molecule has 0 unspecified atom stereocenters. The monoisotopic (exact) mass is 403 g/mol. The number of rotatable bonds is 9. The minimum Gasteiger partial charge on any atom is -0.493 e. The Hall–Kier alpha value is -2.61. The minimum absolute atomic E-state index is 0.0761. The first-order valence-corrected chi connectivity index (χ1v) is 8.23. The number of alkyl halides is 2. The van der Waals surface area contributed by atoms with Gasteiger partial charge in [0.2, 0.25) is 0 Å². The second kappa shape index (κ2) is 9.91. The number of carbonyl (C=O) groups is 1. The predicted octanol–water partition coefficient (Wildman–Crippen LogP) is 3.83. The van der Waals surface area contributed by atoms with Crippen LogP contribution in [0.1, 0.15) is 5.56 Å². The van der Waals surface area contributed by atoms with E-state index in [1.54, 1.807) is 6.07 Å². The molecule has 0 aliphatic rings. The van der Waals surface area contributed by atoms with Gasteiger partial charge in [-0.2, -0.15) is 8.78 Å². The molecular formula is C18H17ClF3NO4. The summed E-state index contributed by atoms with van der Waals surface area (Å²) < 4.78 is 52.5. The molecule has 0 saturated heterocycles. The van der Waals surface area contributed by atoms with Crippen LogP contribution in [0, 0.1) is 5.82 Å². The van der Waals surface area contributed by atoms with Gasteiger partial charge in [-0.3, -0.25) is 4.79 Å². The van der Waals surface area contributed by atoms with Crippen molar-refractivity contribution in [3.8, 4) is 17.2 Å². The molecule has 0 aromatic heterocycles. The minimum atomic E-state index is -2.97. The Kier molecular flexibility index (Phi) is 7.60. The molecule has 2 aromatic carbocycles. The lowest BCUT2D eigenvalue weighted by molar-refractivity contribution is -0.123. The van der Waals surface area contributed by atoms with Gasteiger partial charge >= 0.3 is 6.61 Å². The van der Waals surface area contributed by atoms with Crippen LogP contribution in [0.5, 0.6) is 17.2 Å². The first-order chi connectivity index (χ1) is 12.9. The van der Waals surface area contributed by atoms with Gasteiger partial charge < -0.3 is 19.5 Å². The van der Waals surface area contributed by atoms with E-state index in [-0.39, 0.29) is 35.4 Å². The van der Waals surface area contributed by atoms with Crippen molar-refractivity contribution in [3.63, 3.8) is 0 Å². The normalized spacial score (nSPS) is 10.6. The molecule has 9 heteroatoms. The summed E-state index contributed by atoms with van der Waals surface area (Å²) in [5.74, 6) is -0.598. The van der Waals surface area contributed by atoms with Crippen molar-refractivity contribution in [1.29, 1.82) is 0 Å². The Morgan fingerprint density at radius 3 is 2.63 bits per heavy atom. The molecule has 5 nitrogen and oxygen atoms in total. The predicted molar refractivity (Wildman–Crippen MR) is 93.2 cm³/mol. The van der Waals surface area contributed by atoms with Crippen LogP contribution in [-0.4, -0.2) is 32.8 Å². The molecule has 146 valence electrons. The molecule has 0 atom stereocenters. The standard InChI is InChI=1S/C18H17ClF3NO4/c1-25-15-5-2-11(8-16(15)27-18(21)22)6-7-23-17(24)10-26-12-3-4-14(20)13(19)9-12/h2-5,8-9,18H,6-7,10H2,1H3,(H,23,24). The summed E-state index contributed by atoms with van der Waals surface area (Å²) in [6.07, 6.45) is 0.387. The molecule has 1 N–H and O–H groups in total. The van der Waals surface area contributed by atoms with Crippen LogP contribution in [0.4, 0.5) is 13.2 Å². The van der Waals surface area contributed by atoms with Crippen molar-refractivity contribution in [3.05, 3.63) is 52.8 Å². The summed E-state index contributed by atoms with van der Waals surface area (Å²) in [7, 11) is 1.35. The third-order valence-corrected chi connectivity index (χ3v) is 3.73. The Balaban J connectivity index is 1.81. The van der Waals surface area contributed by atoms with Crippen molar-refractivity contribution < 1.29 is 32.2 Å². The van der Waals surface area contributed by atoms with Crippen molar-refractivity contribution in [1.82, 2.24) is 5.32 Å². The highest BCUT2D eigenvalue weighted by Gasteiger charge is 2.11. The maximum absolute atomic E-state index is 13.0. The molecule has 0 aliphatic heterocycles. The largest absolute Gasteiger partial charge is 0.493 e. The maximum Gasteiger partial charge on any atom is 0.387 e. The highest BCUT2D eigenvalue weighted by molar-refractivity contribution is 6.30. The average molecular weight is 404 g/mol. The number of hydrogen-bond acceptors (Lipinski definition) is 4. The van der Waals surface area contributed by atoms with E-state index in [0.717, 1.165) is 6.07 Å². The first kappa shape index (κ1) is 20.7. The zero-order chi connectivity index (χ0) is 19.8. The summed E-state index contributed by atoms with van der Waals surface area (Å²) in [5, 5.41) is 2.52. The molecule has 0 heterocycles. The van der Waals surface area contributed by atoms with Gasteiger partial charge in [-0.05, 0) is 36.2 Å². The Morgan fingerprint density at radius 2 is 1.96 bits per heavy atom. The summed E-state index contributed by atoms with van der Waals surface area (Å²) >= 11 is 5.62. The molecule has 1 amide bonds. The Bertz CT molecular complexity index is 789. The second-order valence-electron chi connectivity index (χ2n) is 5.33. The second-order valence-corrected chi connectivity index (χ2v) is 5.74. The molecule has 0 radical (unpaired) electrons. The van der Waals surface area contributed by atoms with Gasteiger partial charge in [-0.1, -0.05) is 17.7 Å². The molecule has 0 bridgehead atoms. The molecular weight excluding hydrogens is 387 g/mol. The third kappa shape index (κ3) is 6.56. The third-order valence-electron chi connectivity index (χ3n) is 3.44. The quantitative estimate of drug-likeness (QED) is 0.691. The van der Waals surface area contributed by atoms with Crippen LogP contribution in [0.15, 0.2) is 36.4 Å². The lowest BCUT2D eigenvalue weighted by Gasteiger charge is -2.12. The fourth-order valence-corrected chi connectivity index (χ4v) is 2.35. The summed E-state index contributed by atoms with van der Waals surface area (Å²) in [4.78, 5) is 11.8. The summed E-state index contributed by atoms with van der Waals surface area (Å²) in [5.41, 5.74) is 0.679. The van der Waals surface area contributed by atoms with E-state index < -0.39 is 18.3 Å². The highest BCUT2D eigenvalue weighted by atomic mass is 35.5.